The molecule has 0 saturated heterocycles. The number of hydrogen-bond acceptors (Lipinski definition) is 3. The molecular weight excluding hydrogens is 751 g/mol. The minimum absolute atomic E-state index is 0.0394. The summed E-state index contributed by atoms with van der Waals surface area (Å²) < 4.78 is 7.44. The monoisotopic (exact) mass is 812 g/mol. The van der Waals surface area contributed by atoms with Gasteiger partial charge in [-0.2, -0.15) is 0 Å². The van der Waals surface area contributed by atoms with Gasteiger partial charge in [-0.15, -0.1) is 0 Å². The largest absolute Gasteiger partial charge is 0.440 e. The highest BCUT2D eigenvalue weighted by molar-refractivity contribution is 7.01. The normalized spacial score (nSPS) is 17.6. The molecule has 2 aliphatic heterocycles. The van der Waals surface area contributed by atoms with Crippen molar-refractivity contribution < 1.29 is 4.42 Å². The first-order valence-electron chi connectivity index (χ1n) is 23.0. The number of hydrogen-bond donors (Lipinski definition) is 0. The van der Waals surface area contributed by atoms with Crippen LogP contribution in [0, 0.1) is 6.92 Å². The third-order valence-electron chi connectivity index (χ3n) is 15.5. The molecule has 312 valence electrons. The third-order valence-corrected chi connectivity index (χ3v) is 15.5. The fraction of sp³-hybridized carbons (Fsp3) is 0.345. The van der Waals surface area contributed by atoms with Gasteiger partial charge in [-0.1, -0.05) is 144 Å². The third kappa shape index (κ3) is 5.44. The molecule has 0 bridgehead atoms. The Labute approximate surface area is 370 Å². The van der Waals surface area contributed by atoms with Gasteiger partial charge in [-0.3, -0.25) is 4.90 Å². The molecule has 3 heterocycles. The molecule has 0 saturated carbocycles. The quantitative estimate of drug-likeness (QED) is 0.162. The van der Waals surface area contributed by atoms with Crippen molar-refractivity contribution in [1.29, 1.82) is 0 Å². The van der Waals surface area contributed by atoms with Crippen LogP contribution in [-0.4, -0.2) is 6.71 Å². The lowest BCUT2D eigenvalue weighted by atomic mass is 9.33. The van der Waals surface area contributed by atoms with Gasteiger partial charge in [-0.05, 0) is 151 Å². The number of furan rings is 1. The molecule has 0 spiro atoms. The average Bonchev–Trinajstić information content (AvgIpc) is 3.70. The summed E-state index contributed by atoms with van der Waals surface area (Å²) in [4.78, 5) is 5.09. The SMILES string of the molecule is Cc1cc2c3c(c1)N(c1ccc(C(C)(C)C)cc1)c1c(ccc4c1C(C)(C)c1ccccc1-4)B3c1c(oc3cc4c(cc13)C(C)(C)CCC4(C)C)N2c1ccc(C(C)(C)C)cc1. The molecule has 4 aliphatic rings. The molecule has 6 aromatic carbocycles. The molecule has 2 aliphatic carbocycles. The van der Waals surface area contributed by atoms with Crippen molar-refractivity contribution in [3.8, 4) is 11.1 Å². The van der Waals surface area contributed by atoms with E-state index in [4.69, 9.17) is 4.42 Å². The van der Waals surface area contributed by atoms with Gasteiger partial charge in [-0.25, -0.2) is 0 Å². The first-order chi connectivity index (χ1) is 29.2. The van der Waals surface area contributed by atoms with Crippen LogP contribution in [0.4, 0.5) is 34.3 Å². The number of benzene rings is 6. The highest BCUT2D eigenvalue weighted by Crippen LogP contribution is 2.56. The molecular formula is C58H61BN2O. The zero-order chi connectivity index (χ0) is 43.6. The van der Waals surface area contributed by atoms with Crippen LogP contribution in [-0.2, 0) is 27.1 Å². The van der Waals surface area contributed by atoms with Crippen LogP contribution in [0.2, 0.25) is 0 Å². The van der Waals surface area contributed by atoms with Crippen molar-refractivity contribution in [2.75, 3.05) is 9.80 Å². The fourth-order valence-electron chi connectivity index (χ4n) is 11.8. The van der Waals surface area contributed by atoms with Crippen molar-refractivity contribution in [3.63, 3.8) is 0 Å². The predicted molar refractivity (Wildman–Crippen MR) is 265 cm³/mol. The molecule has 4 heteroatoms. The maximum Gasteiger partial charge on any atom is 0.257 e. The maximum atomic E-state index is 7.44. The molecule has 0 fully saturated rings. The second-order valence-corrected chi connectivity index (χ2v) is 23.0. The van der Waals surface area contributed by atoms with E-state index in [0.717, 1.165) is 30.0 Å². The molecule has 7 aromatic rings. The zero-order valence-electron chi connectivity index (χ0n) is 39.2. The van der Waals surface area contributed by atoms with Crippen molar-refractivity contribution >= 4 is 68.4 Å². The van der Waals surface area contributed by atoms with Gasteiger partial charge in [0, 0.05) is 44.7 Å². The van der Waals surface area contributed by atoms with Gasteiger partial charge in [0.2, 0.25) is 5.88 Å². The molecule has 0 N–H and O–H groups in total. The van der Waals surface area contributed by atoms with Crippen molar-refractivity contribution in [3.05, 3.63) is 148 Å². The van der Waals surface area contributed by atoms with Crippen molar-refractivity contribution in [2.24, 2.45) is 0 Å². The van der Waals surface area contributed by atoms with Crippen LogP contribution < -0.4 is 26.2 Å². The minimum atomic E-state index is -0.226. The van der Waals surface area contributed by atoms with Crippen LogP contribution in [0.3, 0.4) is 0 Å². The number of fused-ring (bicyclic) bond motifs is 11. The summed E-state index contributed by atoms with van der Waals surface area (Å²) in [6, 6.07) is 42.6. The van der Waals surface area contributed by atoms with Gasteiger partial charge in [0.15, 0.2) is 0 Å². The Balaban J connectivity index is 1.27. The second-order valence-electron chi connectivity index (χ2n) is 23.0. The number of anilines is 6. The first kappa shape index (κ1) is 39.4. The van der Waals surface area contributed by atoms with Gasteiger partial charge < -0.3 is 9.32 Å². The molecule has 1 aromatic heterocycles. The van der Waals surface area contributed by atoms with Gasteiger partial charge >= 0.3 is 0 Å². The maximum absolute atomic E-state index is 7.44. The lowest BCUT2D eigenvalue weighted by Gasteiger charge is -2.44. The van der Waals surface area contributed by atoms with Crippen LogP contribution in [0.5, 0.6) is 0 Å². The van der Waals surface area contributed by atoms with Gasteiger partial charge in [0.25, 0.3) is 6.71 Å². The van der Waals surface area contributed by atoms with E-state index in [1.807, 2.05) is 0 Å². The van der Waals surface area contributed by atoms with E-state index in [1.165, 1.54) is 94.6 Å². The Morgan fingerprint density at radius 3 is 1.71 bits per heavy atom. The Hall–Kier alpha value is -5.48. The first-order valence-corrected chi connectivity index (χ1v) is 23.0. The van der Waals surface area contributed by atoms with E-state index >= 15 is 0 Å². The Bertz CT molecular complexity index is 3020. The number of rotatable bonds is 2. The van der Waals surface area contributed by atoms with Gasteiger partial charge in [0.1, 0.15) is 5.58 Å². The molecule has 3 nitrogen and oxygen atoms in total. The van der Waals surface area contributed by atoms with Crippen LogP contribution in [0.25, 0.3) is 22.1 Å². The van der Waals surface area contributed by atoms with E-state index in [9.17, 15) is 0 Å². The van der Waals surface area contributed by atoms with E-state index in [-0.39, 0.29) is 33.8 Å². The minimum Gasteiger partial charge on any atom is -0.440 e. The Kier molecular flexibility index (Phi) is 7.99. The predicted octanol–water partition coefficient (Wildman–Crippen LogP) is 14.1. The Morgan fingerprint density at radius 2 is 1.11 bits per heavy atom. The van der Waals surface area contributed by atoms with Gasteiger partial charge in [0.05, 0.1) is 0 Å². The summed E-state index contributed by atoms with van der Waals surface area (Å²) in [5.41, 5.74) is 23.2. The highest BCUT2D eigenvalue weighted by Gasteiger charge is 2.50. The van der Waals surface area contributed by atoms with Crippen LogP contribution in [0.15, 0.2) is 114 Å². The molecule has 11 rings (SSSR count). The summed E-state index contributed by atoms with van der Waals surface area (Å²) in [7, 11) is 0. The molecule has 0 unspecified atom stereocenters. The number of nitrogens with zero attached hydrogens (tertiary/aromatic N) is 2. The highest BCUT2D eigenvalue weighted by atomic mass is 16.4. The van der Waals surface area contributed by atoms with E-state index in [0.29, 0.717) is 0 Å². The summed E-state index contributed by atoms with van der Waals surface area (Å²) >= 11 is 0. The standard InChI is InChI=1S/C58H61BN2O/c1-34-30-46-51-47(31-34)61(38-24-20-36(21-25-38)55(5,6)7)53-50(41-32-43-44(33-48(41)62-53)57(10,11)29-28-56(43,8)9)59(51)45-27-26-40-39-16-14-15-17-42(39)58(12,13)49(40)52(45)60(46)37-22-18-35(19-23-37)54(2,3)4/h14-27,30-33H,28-29H2,1-13H3. The second kappa shape index (κ2) is 12.6. The summed E-state index contributed by atoms with van der Waals surface area (Å²) in [5.74, 6) is 0.937. The van der Waals surface area contributed by atoms with Crippen molar-refractivity contribution in [1.82, 2.24) is 0 Å². The smallest absolute Gasteiger partial charge is 0.257 e. The lowest BCUT2D eigenvalue weighted by molar-refractivity contribution is 0.332. The summed E-state index contributed by atoms with van der Waals surface area (Å²) in [5, 5.41) is 1.24. The van der Waals surface area contributed by atoms with E-state index in [1.54, 1.807) is 0 Å². The van der Waals surface area contributed by atoms with Crippen LogP contribution in [0.1, 0.15) is 135 Å². The fourth-order valence-corrected chi connectivity index (χ4v) is 11.8. The molecule has 62 heavy (non-hydrogen) atoms. The van der Waals surface area contributed by atoms with Crippen molar-refractivity contribution in [2.45, 2.75) is 130 Å². The average molecular weight is 813 g/mol. The summed E-state index contributed by atoms with van der Waals surface area (Å²) in [6.07, 6.45) is 2.32. The molecule has 0 amide bonds. The number of aryl methyl sites for hydroxylation is 1. The topological polar surface area (TPSA) is 19.6 Å². The lowest BCUT2D eigenvalue weighted by Crippen LogP contribution is -2.61. The molecule has 0 atom stereocenters. The van der Waals surface area contributed by atoms with E-state index in [2.05, 4.69) is 209 Å². The Morgan fingerprint density at radius 1 is 0.565 bits per heavy atom. The van der Waals surface area contributed by atoms with E-state index < -0.39 is 0 Å². The zero-order valence-corrected chi connectivity index (χ0v) is 39.2. The summed E-state index contributed by atoms with van der Waals surface area (Å²) in [6.45, 7) is 30.6. The van der Waals surface area contributed by atoms with Crippen LogP contribution >= 0.6 is 0 Å². The molecule has 0 radical (unpaired) electrons.